The fourth-order valence-corrected chi connectivity index (χ4v) is 4.76. The smallest absolute Gasteiger partial charge is 0.240 e. The summed E-state index contributed by atoms with van der Waals surface area (Å²) < 4.78 is 32.7. The second kappa shape index (κ2) is 7.63. The van der Waals surface area contributed by atoms with E-state index in [1.54, 1.807) is 30.2 Å². The minimum absolute atomic E-state index is 0.0975. The largest absolute Gasteiger partial charge is 0.469 e. The van der Waals surface area contributed by atoms with Gasteiger partial charge in [-0.1, -0.05) is 6.92 Å². The van der Waals surface area contributed by atoms with E-state index in [0.29, 0.717) is 31.5 Å². The maximum absolute atomic E-state index is 12.5. The van der Waals surface area contributed by atoms with Crippen molar-refractivity contribution in [3.8, 4) is 0 Å². The number of anilines is 1. The lowest BCUT2D eigenvalue weighted by atomic mass is 10.2. The minimum atomic E-state index is -3.62. The lowest BCUT2D eigenvalue weighted by Crippen LogP contribution is -2.25. The summed E-state index contributed by atoms with van der Waals surface area (Å²) in [5.41, 5.74) is 0.554. The van der Waals surface area contributed by atoms with Crippen molar-refractivity contribution in [1.29, 1.82) is 0 Å². The van der Waals surface area contributed by atoms with E-state index in [2.05, 4.69) is 10.0 Å². The van der Waals surface area contributed by atoms with Gasteiger partial charge in [0.1, 0.15) is 5.76 Å². The Morgan fingerprint density at radius 3 is 2.96 bits per heavy atom. The Kier molecular flexibility index (Phi) is 5.51. The predicted octanol–water partition coefficient (Wildman–Crippen LogP) is 3.01. The van der Waals surface area contributed by atoms with E-state index in [9.17, 15) is 13.2 Å². The fourth-order valence-electron chi connectivity index (χ4n) is 2.60. The molecule has 25 heavy (non-hydrogen) atoms. The van der Waals surface area contributed by atoms with E-state index in [0.717, 1.165) is 10.7 Å². The van der Waals surface area contributed by atoms with Crippen LogP contribution in [0.1, 0.15) is 25.5 Å². The van der Waals surface area contributed by atoms with Gasteiger partial charge in [0.05, 0.1) is 16.8 Å². The molecule has 1 amide bonds. The van der Waals surface area contributed by atoms with Gasteiger partial charge in [0.2, 0.25) is 15.9 Å². The highest BCUT2D eigenvalue weighted by Gasteiger charge is 2.22. The van der Waals surface area contributed by atoms with E-state index < -0.39 is 10.0 Å². The maximum atomic E-state index is 12.5. The molecule has 0 saturated carbocycles. The maximum Gasteiger partial charge on any atom is 0.240 e. The highest BCUT2D eigenvalue weighted by atomic mass is 32.2. The Hall–Kier alpha value is -1.77. The number of fused-ring (bicyclic) bond motifs is 1. The zero-order valence-corrected chi connectivity index (χ0v) is 15.5. The Morgan fingerprint density at radius 2 is 2.20 bits per heavy atom. The molecule has 0 unspecified atom stereocenters. The SMILES string of the molecule is C[C@H]1CC(=O)Nc2cc(S(=O)(=O)NCCCc3ccco3)ccc2S1. The van der Waals surface area contributed by atoms with Crippen LogP contribution in [0.15, 0.2) is 50.8 Å². The topological polar surface area (TPSA) is 88.4 Å². The van der Waals surface area contributed by atoms with Crippen LogP contribution in [0.5, 0.6) is 0 Å². The molecule has 1 aromatic carbocycles. The van der Waals surface area contributed by atoms with Crippen LogP contribution in [0.2, 0.25) is 0 Å². The first kappa shape index (κ1) is 18.0. The van der Waals surface area contributed by atoms with Gasteiger partial charge in [0.15, 0.2) is 0 Å². The molecule has 1 atom stereocenters. The van der Waals surface area contributed by atoms with E-state index in [-0.39, 0.29) is 16.1 Å². The third-order valence-electron chi connectivity index (χ3n) is 3.81. The monoisotopic (exact) mass is 380 g/mol. The number of aryl methyl sites for hydroxylation is 1. The van der Waals surface area contributed by atoms with Gasteiger partial charge in [0.25, 0.3) is 0 Å². The predicted molar refractivity (Wildman–Crippen MR) is 97.2 cm³/mol. The molecular weight excluding hydrogens is 360 g/mol. The van der Waals surface area contributed by atoms with Gasteiger partial charge in [-0.05, 0) is 36.8 Å². The molecule has 2 N–H and O–H groups in total. The number of hydrogen-bond donors (Lipinski definition) is 2. The number of hydrogen-bond acceptors (Lipinski definition) is 5. The number of nitrogens with one attached hydrogen (secondary N) is 2. The quantitative estimate of drug-likeness (QED) is 0.752. The highest BCUT2D eigenvalue weighted by molar-refractivity contribution is 8.00. The third kappa shape index (κ3) is 4.65. The Labute approximate surface area is 151 Å². The molecule has 0 aliphatic carbocycles. The van der Waals surface area contributed by atoms with E-state index in [4.69, 9.17) is 4.42 Å². The van der Waals surface area contributed by atoms with Gasteiger partial charge in [-0.3, -0.25) is 4.79 Å². The van der Waals surface area contributed by atoms with Gasteiger partial charge >= 0.3 is 0 Å². The standard InChI is InChI=1S/C17H20N2O4S2/c1-12-10-17(20)19-15-11-14(6-7-16(15)24-12)25(21,22)18-8-2-4-13-5-3-9-23-13/h3,5-7,9,11-12,18H,2,4,8,10H2,1H3,(H,19,20)/t12-/m0/s1. The van der Waals surface area contributed by atoms with Crippen molar-refractivity contribution in [2.75, 3.05) is 11.9 Å². The summed E-state index contributed by atoms with van der Waals surface area (Å²) >= 11 is 1.57. The highest BCUT2D eigenvalue weighted by Crippen LogP contribution is 2.36. The Balaban J connectivity index is 1.66. The summed E-state index contributed by atoms with van der Waals surface area (Å²) in [5, 5.41) is 2.94. The summed E-state index contributed by atoms with van der Waals surface area (Å²) in [6.07, 6.45) is 3.32. The zero-order valence-electron chi connectivity index (χ0n) is 13.8. The Morgan fingerprint density at radius 1 is 1.36 bits per heavy atom. The van der Waals surface area contributed by atoms with Crippen molar-refractivity contribution >= 4 is 33.4 Å². The number of amides is 1. The average molecular weight is 380 g/mol. The first-order valence-electron chi connectivity index (χ1n) is 8.06. The molecule has 0 fully saturated rings. The van der Waals surface area contributed by atoms with Crippen molar-refractivity contribution < 1.29 is 17.6 Å². The van der Waals surface area contributed by atoms with Gasteiger partial charge in [0, 0.05) is 29.5 Å². The normalized spacial score (nSPS) is 17.6. The van der Waals surface area contributed by atoms with Crippen molar-refractivity contribution in [1.82, 2.24) is 4.72 Å². The lowest BCUT2D eigenvalue weighted by Gasteiger charge is -2.11. The van der Waals surface area contributed by atoms with Crippen LogP contribution in [0.25, 0.3) is 0 Å². The molecular formula is C17H20N2O4S2. The van der Waals surface area contributed by atoms with Crippen LogP contribution in [0.3, 0.4) is 0 Å². The molecule has 2 heterocycles. The molecule has 0 bridgehead atoms. The van der Waals surface area contributed by atoms with Crippen LogP contribution in [-0.4, -0.2) is 26.1 Å². The molecule has 2 aromatic rings. The van der Waals surface area contributed by atoms with Crippen LogP contribution in [0.4, 0.5) is 5.69 Å². The van der Waals surface area contributed by atoms with Crippen molar-refractivity contribution in [3.05, 3.63) is 42.4 Å². The van der Waals surface area contributed by atoms with Crippen molar-refractivity contribution in [2.45, 2.75) is 41.2 Å². The summed E-state index contributed by atoms with van der Waals surface area (Å²) in [4.78, 5) is 12.9. The molecule has 0 radical (unpaired) electrons. The second-order valence-corrected chi connectivity index (χ2v) is 9.17. The molecule has 8 heteroatoms. The summed E-state index contributed by atoms with van der Waals surface area (Å²) in [6.45, 7) is 2.29. The summed E-state index contributed by atoms with van der Waals surface area (Å²) in [5.74, 6) is 0.734. The summed E-state index contributed by atoms with van der Waals surface area (Å²) in [7, 11) is -3.62. The molecule has 0 spiro atoms. The van der Waals surface area contributed by atoms with Crippen LogP contribution < -0.4 is 10.0 Å². The van der Waals surface area contributed by atoms with Crippen LogP contribution in [-0.2, 0) is 21.2 Å². The number of sulfonamides is 1. The van der Waals surface area contributed by atoms with Crippen molar-refractivity contribution in [3.63, 3.8) is 0 Å². The first-order valence-corrected chi connectivity index (χ1v) is 10.4. The molecule has 1 aliphatic rings. The molecule has 1 aromatic heterocycles. The van der Waals surface area contributed by atoms with Crippen LogP contribution >= 0.6 is 11.8 Å². The number of carbonyl (C=O) groups excluding carboxylic acids is 1. The molecule has 134 valence electrons. The number of rotatable bonds is 6. The number of benzene rings is 1. The van der Waals surface area contributed by atoms with Gasteiger partial charge in [-0.15, -0.1) is 11.8 Å². The van der Waals surface area contributed by atoms with Crippen molar-refractivity contribution in [2.24, 2.45) is 0 Å². The summed E-state index contributed by atoms with van der Waals surface area (Å²) in [6, 6.07) is 8.52. The molecule has 3 rings (SSSR count). The van der Waals surface area contributed by atoms with E-state index in [1.807, 2.05) is 19.1 Å². The molecule has 0 saturated heterocycles. The van der Waals surface area contributed by atoms with E-state index in [1.165, 1.54) is 6.07 Å². The minimum Gasteiger partial charge on any atom is -0.469 e. The van der Waals surface area contributed by atoms with E-state index >= 15 is 0 Å². The van der Waals surface area contributed by atoms with Gasteiger partial charge < -0.3 is 9.73 Å². The second-order valence-electron chi connectivity index (χ2n) is 5.92. The fraction of sp³-hybridized carbons (Fsp3) is 0.353. The number of thioether (sulfide) groups is 1. The van der Waals surface area contributed by atoms with Gasteiger partial charge in [-0.2, -0.15) is 0 Å². The number of furan rings is 1. The first-order chi connectivity index (χ1) is 11.9. The van der Waals surface area contributed by atoms with Gasteiger partial charge in [-0.25, -0.2) is 13.1 Å². The zero-order chi connectivity index (χ0) is 17.9. The van der Waals surface area contributed by atoms with Crippen LogP contribution in [0, 0.1) is 0 Å². The lowest BCUT2D eigenvalue weighted by molar-refractivity contribution is -0.116. The molecule has 1 aliphatic heterocycles. The molecule has 6 nitrogen and oxygen atoms in total. The Bertz CT molecular complexity index is 848. The average Bonchev–Trinajstić information content (AvgIpc) is 3.01. The third-order valence-corrected chi connectivity index (χ3v) is 6.45. The number of carbonyl (C=O) groups is 1.